The first-order valence-corrected chi connectivity index (χ1v) is 5.68. The Morgan fingerprint density at radius 2 is 1.94 bits per heavy atom. The minimum Gasteiger partial charge on any atom is -0.324 e. The van der Waals surface area contributed by atoms with Crippen molar-refractivity contribution in [2.24, 2.45) is 5.73 Å². The fourth-order valence-electron chi connectivity index (χ4n) is 1.81. The van der Waals surface area contributed by atoms with E-state index in [1.807, 2.05) is 6.92 Å². The van der Waals surface area contributed by atoms with Gasteiger partial charge in [0.2, 0.25) is 0 Å². The normalized spacial score (nSPS) is 12.7. The third kappa shape index (κ3) is 2.70. The van der Waals surface area contributed by atoms with E-state index >= 15 is 0 Å². The van der Waals surface area contributed by atoms with E-state index in [1.54, 1.807) is 4.68 Å². The lowest BCUT2D eigenvalue weighted by Crippen LogP contribution is -2.17. The quantitative estimate of drug-likeness (QED) is 0.903. The van der Waals surface area contributed by atoms with Crippen LogP contribution in [0.3, 0.4) is 0 Å². The van der Waals surface area contributed by atoms with Crippen LogP contribution < -0.4 is 5.73 Å². The molecule has 96 valence electrons. The molecule has 4 nitrogen and oxygen atoms in total. The average Bonchev–Trinajstić information content (AvgIpc) is 2.75. The number of benzene rings is 1. The summed E-state index contributed by atoms with van der Waals surface area (Å²) in [4.78, 5) is 4.08. The lowest BCUT2D eigenvalue weighted by atomic mass is 10.0. The lowest BCUT2D eigenvalue weighted by Gasteiger charge is -2.12. The smallest absolute Gasteiger partial charge is 0.138 e. The molecule has 0 spiro atoms. The van der Waals surface area contributed by atoms with Gasteiger partial charge in [-0.15, -0.1) is 0 Å². The van der Waals surface area contributed by atoms with Gasteiger partial charge in [0, 0.05) is 25.1 Å². The molecular formula is C12H14F2N4. The van der Waals surface area contributed by atoms with E-state index in [1.165, 1.54) is 18.5 Å². The van der Waals surface area contributed by atoms with Crippen LogP contribution in [-0.4, -0.2) is 14.8 Å². The van der Waals surface area contributed by atoms with Gasteiger partial charge in [-0.3, -0.25) is 4.68 Å². The maximum atomic E-state index is 13.1. The van der Waals surface area contributed by atoms with Gasteiger partial charge in [-0.25, -0.2) is 13.8 Å². The van der Waals surface area contributed by atoms with E-state index in [2.05, 4.69) is 10.1 Å². The van der Waals surface area contributed by atoms with Crippen LogP contribution in [0, 0.1) is 11.6 Å². The van der Waals surface area contributed by atoms with Crippen LogP contribution in [0.25, 0.3) is 0 Å². The van der Waals surface area contributed by atoms with Crippen LogP contribution >= 0.6 is 0 Å². The number of hydrogen-bond acceptors (Lipinski definition) is 3. The van der Waals surface area contributed by atoms with Crippen LogP contribution in [0.15, 0.2) is 24.5 Å². The van der Waals surface area contributed by atoms with E-state index in [0.717, 1.165) is 6.07 Å². The molecule has 0 saturated heterocycles. The average molecular weight is 252 g/mol. The standard InChI is InChI=1S/C12H14F2N4/c1-2-18-12(16-7-17-18)6-11(15)8-3-9(13)5-10(14)4-8/h3-5,7,11H,2,6,15H2,1H3. The SMILES string of the molecule is CCn1ncnc1CC(N)c1cc(F)cc(F)c1. The van der Waals surface area contributed by atoms with Gasteiger partial charge in [0.25, 0.3) is 0 Å². The first-order valence-electron chi connectivity index (χ1n) is 5.68. The summed E-state index contributed by atoms with van der Waals surface area (Å²) in [6.45, 7) is 2.62. The summed E-state index contributed by atoms with van der Waals surface area (Å²) in [5.41, 5.74) is 6.35. The predicted molar refractivity (Wildman–Crippen MR) is 62.7 cm³/mol. The molecule has 1 aromatic heterocycles. The minimum atomic E-state index is -0.627. The molecule has 2 rings (SSSR count). The Balaban J connectivity index is 2.19. The molecule has 1 aromatic carbocycles. The van der Waals surface area contributed by atoms with Crippen molar-refractivity contribution in [2.75, 3.05) is 0 Å². The van der Waals surface area contributed by atoms with Crippen molar-refractivity contribution < 1.29 is 8.78 Å². The van der Waals surface area contributed by atoms with Crippen LogP contribution in [0.1, 0.15) is 24.4 Å². The van der Waals surface area contributed by atoms with Gasteiger partial charge in [0.1, 0.15) is 23.8 Å². The van der Waals surface area contributed by atoms with Crippen molar-refractivity contribution in [2.45, 2.75) is 25.9 Å². The molecule has 18 heavy (non-hydrogen) atoms. The number of hydrogen-bond donors (Lipinski definition) is 1. The van der Waals surface area contributed by atoms with Crippen LogP contribution in [-0.2, 0) is 13.0 Å². The summed E-state index contributed by atoms with van der Waals surface area (Å²) in [6.07, 6.45) is 1.83. The third-order valence-electron chi connectivity index (χ3n) is 2.71. The molecule has 1 heterocycles. The second kappa shape index (κ2) is 5.22. The van der Waals surface area contributed by atoms with E-state index in [0.29, 0.717) is 24.4 Å². The minimum absolute atomic E-state index is 0.386. The highest BCUT2D eigenvalue weighted by molar-refractivity contribution is 5.22. The number of rotatable bonds is 4. The zero-order valence-electron chi connectivity index (χ0n) is 9.98. The van der Waals surface area contributed by atoms with Crippen molar-refractivity contribution in [1.82, 2.24) is 14.8 Å². The van der Waals surface area contributed by atoms with Crippen LogP contribution in [0.5, 0.6) is 0 Å². The highest BCUT2D eigenvalue weighted by Crippen LogP contribution is 2.17. The maximum Gasteiger partial charge on any atom is 0.138 e. The summed E-state index contributed by atoms with van der Waals surface area (Å²) >= 11 is 0. The molecular weight excluding hydrogens is 238 g/mol. The first kappa shape index (κ1) is 12.6. The Morgan fingerprint density at radius 3 is 2.56 bits per heavy atom. The molecule has 0 amide bonds. The van der Waals surface area contributed by atoms with Gasteiger partial charge in [-0.05, 0) is 24.6 Å². The molecule has 1 atom stereocenters. The van der Waals surface area contributed by atoms with Crippen molar-refractivity contribution in [1.29, 1.82) is 0 Å². The Morgan fingerprint density at radius 1 is 1.28 bits per heavy atom. The number of nitrogens with zero attached hydrogens (tertiary/aromatic N) is 3. The van der Waals surface area contributed by atoms with Gasteiger partial charge in [0.15, 0.2) is 0 Å². The monoisotopic (exact) mass is 252 g/mol. The predicted octanol–water partition coefficient (Wildman–Crippen LogP) is 1.82. The molecule has 2 aromatic rings. The third-order valence-corrected chi connectivity index (χ3v) is 2.71. The zero-order chi connectivity index (χ0) is 13.1. The van der Waals surface area contributed by atoms with E-state index in [4.69, 9.17) is 5.73 Å². The summed E-state index contributed by atoms with van der Waals surface area (Å²) in [6, 6.07) is 2.79. The molecule has 0 saturated carbocycles. The molecule has 6 heteroatoms. The van der Waals surface area contributed by atoms with Gasteiger partial charge in [-0.1, -0.05) is 0 Å². The molecule has 1 unspecified atom stereocenters. The zero-order valence-corrected chi connectivity index (χ0v) is 9.98. The summed E-state index contributed by atoms with van der Waals surface area (Å²) in [5, 5.41) is 4.02. The van der Waals surface area contributed by atoms with Crippen molar-refractivity contribution in [3.63, 3.8) is 0 Å². The fraction of sp³-hybridized carbons (Fsp3) is 0.333. The Bertz CT molecular complexity index is 518. The Kier molecular flexibility index (Phi) is 3.66. The van der Waals surface area contributed by atoms with Crippen LogP contribution in [0.2, 0.25) is 0 Å². The van der Waals surface area contributed by atoms with E-state index in [-0.39, 0.29) is 0 Å². The van der Waals surface area contributed by atoms with Gasteiger partial charge < -0.3 is 5.73 Å². The lowest BCUT2D eigenvalue weighted by molar-refractivity contribution is 0.559. The highest BCUT2D eigenvalue weighted by atomic mass is 19.1. The van der Waals surface area contributed by atoms with E-state index < -0.39 is 17.7 Å². The Hall–Kier alpha value is -1.82. The van der Waals surface area contributed by atoms with Gasteiger partial charge in [-0.2, -0.15) is 5.10 Å². The summed E-state index contributed by atoms with van der Waals surface area (Å²) < 4.78 is 27.9. The highest BCUT2D eigenvalue weighted by Gasteiger charge is 2.13. The van der Waals surface area contributed by atoms with Crippen LogP contribution in [0.4, 0.5) is 8.78 Å². The second-order valence-corrected chi connectivity index (χ2v) is 4.01. The van der Waals surface area contributed by atoms with Crippen molar-refractivity contribution in [3.05, 3.63) is 47.5 Å². The number of nitrogens with two attached hydrogens (primary N) is 1. The molecule has 0 radical (unpaired) electrons. The largest absolute Gasteiger partial charge is 0.324 e. The van der Waals surface area contributed by atoms with Gasteiger partial charge >= 0.3 is 0 Å². The summed E-state index contributed by atoms with van der Waals surface area (Å²) in [7, 11) is 0. The number of aryl methyl sites for hydroxylation is 1. The molecule has 0 aliphatic heterocycles. The maximum absolute atomic E-state index is 13.1. The number of halogens is 2. The van der Waals surface area contributed by atoms with Crippen molar-refractivity contribution in [3.8, 4) is 0 Å². The molecule has 0 fully saturated rings. The second-order valence-electron chi connectivity index (χ2n) is 4.01. The summed E-state index contributed by atoms with van der Waals surface area (Å²) in [5.74, 6) is -0.551. The molecule has 2 N–H and O–H groups in total. The molecule has 0 bridgehead atoms. The molecule has 0 aliphatic rings. The van der Waals surface area contributed by atoms with Gasteiger partial charge in [0.05, 0.1) is 0 Å². The first-order chi connectivity index (χ1) is 8.60. The Labute approximate surface area is 103 Å². The van der Waals surface area contributed by atoms with Crippen molar-refractivity contribution >= 4 is 0 Å². The topological polar surface area (TPSA) is 56.7 Å². The number of aromatic nitrogens is 3. The van der Waals surface area contributed by atoms with E-state index in [9.17, 15) is 8.78 Å². The fourth-order valence-corrected chi connectivity index (χ4v) is 1.81. The molecule has 0 aliphatic carbocycles.